The molecule has 0 aliphatic rings. The molecule has 2 aromatic carbocycles. The van der Waals surface area contributed by atoms with Crippen LogP contribution < -0.4 is 0 Å². The number of hydrogen-bond acceptors (Lipinski definition) is 1. The Morgan fingerprint density at radius 2 is 1.50 bits per heavy atom. The van der Waals surface area contributed by atoms with Crippen LogP contribution in [0.15, 0.2) is 71.1 Å². The summed E-state index contributed by atoms with van der Waals surface area (Å²) in [6.07, 6.45) is 0. The van der Waals surface area contributed by atoms with Crippen molar-refractivity contribution in [2.24, 2.45) is 0 Å². The van der Waals surface area contributed by atoms with Crippen molar-refractivity contribution in [1.82, 2.24) is 0 Å². The van der Waals surface area contributed by atoms with Gasteiger partial charge >= 0.3 is 0 Å². The number of benzene rings is 2. The van der Waals surface area contributed by atoms with Crippen molar-refractivity contribution in [1.29, 1.82) is 0 Å². The van der Waals surface area contributed by atoms with Gasteiger partial charge < -0.3 is 4.42 Å². The number of aryl methyl sites for hydroxylation is 2. The lowest BCUT2D eigenvalue weighted by Crippen LogP contribution is -2.02. The average molecular weight is 262 g/mol. The first-order chi connectivity index (χ1) is 9.74. The van der Waals surface area contributed by atoms with E-state index in [0.29, 0.717) is 0 Å². The standard InChI is InChI=1S/C19H18O/c1-14-7-6-10-17(13-14)19(16-8-4-3-5-9-16)18-12-11-15(2)20-18/h3-13,19H,1-2H3/t19-/m0/s1. The number of furan rings is 1. The highest BCUT2D eigenvalue weighted by Crippen LogP contribution is 2.33. The molecule has 0 radical (unpaired) electrons. The van der Waals surface area contributed by atoms with Crippen LogP contribution in [-0.2, 0) is 0 Å². The van der Waals surface area contributed by atoms with Crippen LogP contribution >= 0.6 is 0 Å². The molecule has 1 aromatic heterocycles. The zero-order valence-corrected chi connectivity index (χ0v) is 11.8. The predicted octanol–water partition coefficient (Wildman–Crippen LogP) is 5.08. The molecule has 0 N–H and O–H groups in total. The van der Waals surface area contributed by atoms with Crippen molar-refractivity contribution in [2.75, 3.05) is 0 Å². The minimum absolute atomic E-state index is 0.157. The third kappa shape index (κ3) is 2.53. The van der Waals surface area contributed by atoms with Crippen LogP contribution in [0.4, 0.5) is 0 Å². The quantitative estimate of drug-likeness (QED) is 0.641. The van der Waals surface area contributed by atoms with E-state index in [4.69, 9.17) is 4.42 Å². The third-order valence-corrected chi connectivity index (χ3v) is 3.55. The predicted molar refractivity (Wildman–Crippen MR) is 82.0 cm³/mol. The highest BCUT2D eigenvalue weighted by Gasteiger charge is 2.19. The van der Waals surface area contributed by atoms with Gasteiger partial charge in [0.25, 0.3) is 0 Å². The first kappa shape index (κ1) is 12.7. The van der Waals surface area contributed by atoms with Crippen LogP contribution in [0.5, 0.6) is 0 Å². The van der Waals surface area contributed by atoms with E-state index in [9.17, 15) is 0 Å². The van der Waals surface area contributed by atoms with E-state index in [2.05, 4.69) is 61.5 Å². The van der Waals surface area contributed by atoms with Gasteiger partial charge in [-0.3, -0.25) is 0 Å². The zero-order valence-electron chi connectivity index (χ0n) is 11.8. The maximum absolute atomic E-state index is 5.89. The fourth-order valence-electron chi connectivity index (χ4n) is 2.62. The van der Waals surface area contributed by atoms with E-state index in [1.807, 2.05) is 19.1 Å². The van der Waals surface area contributed by atoms with E-state index in [1.165, 1.54) is 16.7 Å². The molecule has 100 valence electrons. The molecule has 0 aliphatic heterocycles. The summed E-state index contributed by atoms with van der Waals surface area (Å²) in [5, 5.41) is 0. The lowest BCUT2D eigenvalue weighted by molar-refractivity contribution is 0.478. The van der Waals surface area contributed by atoms with Gasteiger partial charge in [0.2, 0.25) is 0 Å². The molecule has 0 saturated heterocycles. The maximum atomic E-state index is 5.89. The Labute approximate surface area is 119 Å². The monoisotopic (exact) mass is 262 g/mol. The Morgan fingerprint density at radius 3 is 2.15 bits per heavy atom. The van der Waals surface area contributed by atoms with Crippen LogP contribution in [0.2, 0.25) is 0 Å². The first-order valence-electron chi connectivity index (χ1n) is 6.92. The van der Waals surface area contributed by atoms with Gasteiger partial charge in [0.15, 0.2) is 0 Å². The van der Waals surface area contributed by atoms with E-state index < -0.39 is 0 Å². The Hall–Kier alpha value is -2.28. The third-order valence-electron chi connectivity index (χ3n) is 3.55. The lowest BCUT2D eigenvalue weighted by atomic mass is 9.88. The maximum Gasteiger partial charge on any atom is 0.116 e. The SMILES string of the molecule is Cc1cccc([C@H](c2ccccc2)c2ccc(C)o2)c1. The zero-order chi connectivity index (χ0) is 13.9. The summed E-state index contributed by atoms with van der Waals surface area (Å²) >= 11 is 0. The van der Waals surface area contributed by atoms with E-state index in [1.54, 1.807) is 0 Å². The van der Waals surface area contributed by atoms with Crippen molar-refractivity contribution in [3.8, 4) is 0 Å². The molecule has 0 amide bonds. The molecule has 20 heavy (non-hydrogen) atoms. The van der Waals surface area contributed by atoms with Crippen molar-refractivity contribution >= 4 is 0 Å². The summed E-state index contributed by atoms with van der Waals surface area (Å²) < 4.78 is 5.89. The fraction of sp³-hybridized carbons (Fsp3) is 0.158. The molecule has 3 aromatic rings. The van der Waals surface area contributed by atoms with Crippen LogP contribution in [0.3, 0.4) is 0 Å². The van der Waals surface area contributed by atoms with Crippen LogP contribution in [0.25, 0.3) is 0 Å². The summed E-state index contributed by atoms with van der Waals surface area (Å²) in [5.41, 5.74) is 3.80. The summed E-state index contributed by atoms with van der Waals surface area (Å²) in [4.78, 5) is 0. The van der Waals surface area contributed by atoms with Crippen LogP contribution in [-0.4, -0.2) is 0 Å². The van der Waals surface area contributed by atoms with Crippen LogP contribution in [0, 0.1) is 13.8 Å². The van der Waals surface area contributed by atoms with Gasteiger partial charge in [-0.2, -0.15) is 0 Å². The Morgan fingerprint density at radius 1 is 0.750 bits per heavy atom. The lowest BCUT2D eigenvalue weighted by Gasteiger charge is -2.16. The van der Waals surface area contributed by atoms with Crippen molar-refractivity contribution < 1.29 is 4.42 Å². The molecule has 0 aliphatic carbocycles. The number of hydrogen-bond donors (Lipinski definition) is 0. The molecule has 0 bridgehead atoms. The molecule has 0 fully saturated rings. The number of rotatable bonds is 3. The molecule has 1 nitrogen and oxygen atoms in total. The van der Waals surface area contributed by atoms with Crippen molar-refractivity contribution in [2.45, 2.75) is 19.8 Å². The van der Waals surface area contributed by atoms with Crippen molar-refractivity contribution in [3.05, 3.63) is 94.9 Å². The normalized spacial score (nSPS) is 12.3. The molecular weight excluding hydrogens is 244 g/mol. The summed E-state index contributed by atoms with van der Waals surface area (Å²) in [6.45, 7) is 4.11. The Kier molecular flexibility index (Phi) is 3.42. The highest BCUT2D eigenvalue weighted by atomic mass is 16.3. The van der Waals surface area contributed by atoms with Gasteiger partial charge in [0.1, 0.15) is 11.5 Å². The second kappa shape index (κ2) is 5.38. The molecule has 0 unspecified atom stereocenters. The molecule has 1 heteroatoms. The van der Waals surface area contributed by atoms with Crippen molar-refractivity contribution in [3.63, 3.8) is 0 Å². The van der Waals surface area contributed by atoms with Gasteiger partial charge in [-0.25, -0.2) is 0 Å². The van der Waals surface area contributed by atoms with E-state index in [-0.39, 0.29) is 5.92 Å². The summed E-state index contributed by atoms with van der Waals surface area (Å²) in [7, 11) is 0. The second-order valence-corrected chi connectivity index (χ2v) is 5.21. The molecule has 0 spiro atoms. The Bertz CT molecular complexity index is 695. The topological polar surface area (TPSA) is 13.1 Å². The largest absolute Gasteiger partial charge is 0.465 e. The van der Waals surface area contributed by atoms with E-state index in [0.717, 1.165) is 11.5 Å². The minimum Gasteiger partial charge on any atom is -0.465 e. The van der Waals surface area contributed by atoms with Gasteiger partial charge in [0.05, 0.1) is 5.92 Å². The summed E-state index contributed by atoms with van der Waals surface area (Å²) in [6, 6.07) is 23.3. The summed E-state index contributed by atoms with van der Waals surface area (Å²) in [5.74, 6) is 2.11. The van der Waals surface area contributed by atoms with Crippen LogP contribution in [0.1, 0.15) is 34.1 Å². The fourth-order valence-corrected chi connectivity index (χ4v) is 2.62. The molecule has 3 rings (SSSR count). The van der Waals surface area contributed by atoms with Gasteiger partial charge in [-0.05, 0) is 37.1 Å². The molecule has 1 heterocycles. The minimum atomic E-state index is 0.157. The van der Waals surface area contributed by atoms with Gasteiger partial charge in [-0.1, -0.05) is 60.2 Å². The second-order valence-electron chi connectivity index (χ2n) is 5.21. The smallest absolute Gasteiger partial charge is 0.116 e. The molecular formula is C19H18O. The molecule has 0 saturated carbocycles. The Balaban J connectivity index is 2.13. The van der Waals surface area contributed by atoms with E-state index >= 15 is 0 Å². The first-order valence-corrected chi connectivity index (χ1v) is 6.92. The van der Waals surface area contributed by atoms with Gasteiger partial charge in [-0.15, -0.1) is 0 Å². The molecule has 1 atom stereocenters. The van der Waals surface area contributed by atoms with Gasteiger partial charge in [0, 0.05) is 0 Å². The highest BCUT2D eigenvalue weighted by molar-refractivity contribution is 5.41. The average Bonchev–Trinajstić information content (AvgIpc) is 2.87.